The van der Waals surface area contributed by atoms with E-state index < -0.39 is 0 Å². The van der Waals surface area contributed by atoms with E-state index in [-0.39, 0.29) is 17.4 Å². The van der Waals surface area contributed by atoms with Gasteiger partial charge < -0.3 is 10.6 Å². The summed E-state index contributed by atoms with van der Waals surface area (Å²) >= 11 is 0. The Morgan fingerprint density at radius 3 is 2.69 bits per heavy atom. The average Bonchev–Trinajstić information content (AvgIpc) is 2.50. The fourth-order valence-corrected chi connectivity index (χ4v) is 1.38. The van der Waals surface area contributed by atoms with Gasteiger partial charge in [0.1, 0.15) is 0 Å². The molecule has 1 heterocycles. The first-order valence-electron chi connectivity index (χ1n) is 5.00. The summed E-state index contributed by atoms with van der Waals surface area (Å²) in [5, 5.41) is 6.14. The van der Waals surface area contributed by atoms with Crippen molar-refractivity contribution < 1.29 is 4.79 Å². The lowest BCUT2D eigenvalue weighted by atomic mass is 9.97. The van der Waals surface area contributed by atoms with E-state index in [4.69, 9.17) is 0 Å². The van der Waals surface area contributed by atoms with Crippen molar-refractivity contribution in [1.82, 2.24) is 10.6 Å². The molecule has 76 valence electrons. The fourth-order valence-electron chi connectivity index (χ4n) is 1.38. The van der Waals surface area contributed by atoms with Crippen LogP contribution in [0, 0.1) is 5.41 Å². The molecule has 3 nitrogen and oxygen atoms in total. The Labute approximate surface area is 80.3 Å². The Bertz CT molecular complexity index is 178. The second-order valence-electron chi connectivity index (χ2n) is 4.93. The second-order valence-corrected chi connectivity index (χ2v) is 4.93. The van der Waals surface area contributed by atoms with Gasteiger partial charge in [-0.1, -0.05) is 20.8 Å². The van der Waals surface area contributed by atoms with Gasteiger partial charge in [-0.05, 0) is 24.8 Å². The maximum absolute atomic E-state index is 11.5. The smallest absolute Gasteiger partial charge is 0.237 e. The molecule has 0 spiro atoms. The molecule has 1 aliphatic rings. The molecule has 0 aromatic carbocycles. The van der Waals surface area contributed by atoms with Crippen molar-refractivity contribution in [1.29, 1.82) is 0 Å². The highest BCUT2D eigenvalue weighted by atomic mass is 16.2. The summed E-state index contributed by atoms with van der Waals surface area (Å²) in [6.07, 6.45) is 2.10. The lowest BCUT2D eigenvalue weighted by Crippen LogP contribution is -2.43. The van der Waals surface area contributed by atoms with Crippen molar-refractivity contribution in [3.8, 4) is 0 Å². The van der Waals surface area contributed by atoms with Crippen molar-refractivity contribution in [3.05, 3.63) is 0 Å². The molecule has 0 aromatic rings. The molecule has 1 saturated heterocycles. The predicted octanol–water partition coefficient (Wildman–Crippen LogP) is 0.901. The zero-order chi connectivity index (χ0) is 9.90. The molecule has 0 unspecified atom stereocenters. The lowest BCUT2D eigenvalue weighted by Gasteiger charge is -2.20. The summed E-state index contributed by atoms with van der Waals surface area (Å²) in [5.41, 5.74) is 0.175. The highest BCUT2D eigenvalue weighted by Crippen LogP contribution is 2.11. The first-order valence-corrected chi connectivity index (χ1v) is 5.00. The summed E-state index contributed by atoms with van der Waals surface area (Å²) in [4.78, 5) is 11.5. The summed E-state index contributed by atoms with van der Waals surface area (Å²) in [6, 6.07) is 0.0577. The monoisotopic (exact) mass is 184 g/mol. The van der Waals surface area contributed by atoms with Crippen LogP contribution in [0.4, 0.5) is 0 Å². The molecule has 1 fully saturated rings. The number of carbonyl (C=O) groups is 1. The standard InChI is InChI=1S/C10H20N2O/c1-10(2,3)7-12-9(13)8-5-4-6-11-8/h8,11H,4-7H2,1-3H3,(H,12,13)/t8-/m1/s1. The topological polar surface area (TPSA) is 41.1 Å². The molecule has 13 heavy (non-hydrogen) atoms. The van der Waals surface area contributed by atoms with E-state index in [0.29, 0.717) is 0 Å². The van der Waals surface area contributed by atoms with E-state index in [0.717, 1.165) is 25.9 Å². The minimum absolute atomic E-state index is 0.0577. The van der Waals surface area contributed by atoms with Crippen LogP contribution in [-0.4, -0.2) is 25.0 Å². The zero-order valence-electron chi connectivity index (χ0n) is 8.81. The second kappa shape index (κ2) is 4.09. The van der Waals surface area contributed by atoms with Crippen LogP contribution in [0.1, 0.15) is 33.6 Å². The van der Waals surface area contributed by atoms with Crippen LogP contribution in [0.25, 0.3) is 0 Å². The van der Waals surface area contributed by atoms with E-state index in [1.807, 2.05) is 0 Å². The van der Waals surface area contributed by atoms with Gasteiger partial charge in [-0.25, -0.2) is 0 Å². The van der Waals surface area contributed by atoms with Crippen LogP contribution in [0.15, 0.2) is 0 Å². The van der Waals surface area contributed by atoms with Gasteiger partial charge in [0.2, 0.25) is 5.91 Å². The molecular weight excluding hydrogens is 164 g/mol. The third kappa shape index (κ3) is 3.77. The molecule has 2 N–H and O–H groups in total. The van der Waals surface area contributed by atoms with E-state index in [1.54, 1.807) is 0 Å². The average molecular weight is 184 g/mol. The molecular formula is C10H20N2O. The Hall–Kier alpha value is -0.570. The Kier molecular flexibility index (Phi) is 3.31. The van der Waals surface area contributed by atoms with Crippen molar-refractivity contribution in [2.45, 2.75) is 39.7 Å². The molecule has 0 aliphatic carbocycles. The molecule has 0 saturated carbocycles. The van der Waals surface area contributed by atoms with Gasteiger partial charge in [-0.15, -0.1) is 0 Å². The molecule has 0 radical (unpaired) electrons. The maximum Gasteiger partial charge on any atom is 0.237 e. The van der Waals surface area contributed by atoms with Gasteiger partial charge in [0.25, 0.3) is 0 Å². The normalized spacial score (nSPS) is 23.2. The number of rotatable bonds is 2. The van der Waals surface area contributed by atoms with Gasteiger partial charge in [-0.2, -0.15) is 0 Å². The fraction of sp³-hybridized carbons (Fsp3) is 0.900. The number of carbonyl (C=O) groups excluding carboxylic acids is 1. The highest BCUT2D eigenvalue weighted by molar-refractivity contribution is 5.82. The van der Waals surface area contributed by atoms with Crippen molar-refractivity contribution in [2.24, 2.45) is 5.41 Å². The first-order chi connectivity index (χ1) is 5.99. The van der Waals surface area contributed by atoms with E-state index >= 15 is 0 Å². The third-order valence-corrected chi connectivity index (χ3v) is 2.17. The lowest BCUT2D eigenvalue weighted by molar-refractivity contribution is -0.123. The predicted molar refractivity (Wildman–Crippen MR) is 53.5 cm³/mol. The maximum atomic E-state index is 11.5. The van der Waals surface area contributed by atoms with Crippen LogP contribution in [0.5, 0.6) is 0 Å². The summed E-state index contributed by atoms with van der Waals surface area (Å²) in [6.45, 7) is 8.09. The van der Waals surface area contributed by atoms with Gasteiger partial charge >= 0.3 is 0 Å². The van der Waals surface area contributed by atoms with E-state index in [2.05, 4.69) is 31.4 Å². The van der Waals surface area contributed by atoms with Crippen LogP contribution < -0.4 is 10.6 Å². The van der Waals surface area contributed by atoms with Crippen molar-refractivity contribution in [2.75, 3.05) is 13.1 Å². The van der Waals surface area contributed by atoms with Gasteiger partial charge in [-0.3, -0.25) is 4.79 Å². The third-order valence-electron chi connectivity index (χ3n) is 2.17. The van der Waals surface area contributed by atoms with Gasteiger partial charge in [0, 0.05) is 6.54 Å². The Balaban J connectivity index is 2.25. The summed E-state index contributed by atoms with van der Waals surface area (Å²) in [5.74, 6) is 0.160. The molecule has 1 atom stereocenters. The van der Waals surface area contributed by atoms with Crippen LogP contribution in [-0.2, 0) is 4.79 Å². The van der Waals surface area contributed by atoms with Crippen LogP contribution in [0.2, 0.25) is 0 Å². The zero-order valence-corrected chi connectivity index (χ0v) is 8.81. The SMILES string of the molecule is CC(C)(C)CNC(=O)[C@H]1CCCN1. The number of hydrogen-bond donors (Lipinski definition) is 2. The van der Waals surface area contributed by atoms with Crippen LogP contribution >= 0.6 is 0 Å². The molecule has 0 bridgehead atoms. The van der Waals surface area contributed by atoms with Crippen LogP contribution in [0.3, 0.4) is 0 Å². The summed E-state index contributed by atoms with van der Waals surface area (Å²) < 4.78 is 0. The largest absolute Gasteiger partial charge is 0.354 e. The number of hydrogen-bond acceptors (Lipinski definition) is 2. The molecule has 0 aromatic heterocycles. The van der Waals surface area contributed by atoms with E-state index in [9.17, 15) is 4.79 Å². The minimum Gasteiger partial charge on any atom is -0.354 e. The van der Waals surface area contributed by atoms with Crippen molar-refractivity contribution >= 4 is 5.91 Å². The molecule has 1 aliphatic heterocycles. The van der Waals surface area contributed by atoms with Gasteiger partial charge in [0.05, 0.1) is 6.04 Å². The quantitative estimate of drug-likeness (QED) is 0.669. The minimum atomic E-state index is 0.0577. The van der Waals surface area contributed by atoms with Gasteiger partial charge in [0.15, 0.2) is 0 Å². The number of nitrogens with one attached hydrogen (secondary N) is 2. The Morgan fingerprint density at radius 2 is 2.23 bits per heavy atom. The molecule has 1 rings (SSSR count). The highest BCUT2D eigenvalue weighted by Gasteiger charge is 2.22. The first kappa shape index (κ1) is 10.5. The molecule has 1 amide bonds. The molecule has 3 heteroatoms. The Morgan fingerprint density at radius 1 is 1.54 bits per heavy atom. The van der Waals surface area contributed by atoms with Crippen molar-refractivity contribution in [3.63, 3.8) is 0 Å². The number of amides is 1. The summed E-state index contributed by atoms with van der Waals surface area (Å²) in [7, 11) is 0. The van der Waals surface area contributed by atoms with E-state index in [1.165, 1.54) is 0 Å².